The number of nitrogens with zero attached hydrogens (tertiary/aromatic N) is 1. The van der Waals surface area contributed by atoms with Gasteiger partial charge in [0.15, 0.2) is 5.88 Å². The first-order chi connectivity index (χ1) is 14.1. The molecule has 1 aliphatic heterocycles. The van der Waals surface area contributed by atoms with Crippen LogP contribution in [0.25, 0.3) is 16.5 Å². The van der Waals surface area contributed by atoms with Crippen molar-refractivity contribution in [2.75, 3.05) is 19.4 Å². The van der Waals surface area contributed by atoms with Gasteiger partial charge in [0.25, 0.3) is 5.91 Å². The van der Waals surface area contributed by atoms with Crippen molar-refractivity contribution >= 4 is 34.0 Å². The number of anilines is 2. The summed E-state index contributed by atoms with van der Waals surface area (Å²) in [4.78, 5) is 14.0. The number of fused-ring (bicyclic) bond motifs is 4. The van der Waals surface area contributed by atoms with E-state index in [2.05, 4.69) is 5.32 Å². The summed E-state index contributed by atoms with van der Waals surface area (Å²) in [6.07, 6.45) is 7.39. The Hall–Kier alpha value is -3.73. The molecule has 1 atom stereocenters. The Kier molecular flexibility index (Phi) is 4.02. The number of rotatable bonds is 3. The molecule has 5 rings (SSSR count). The van der Waals surface area contributed by atoms with Gasteiger partial charge in [-0.1, -0.05) is 24.3 Å². The number of nitrogens with one attached hydrogen (secondary N) is 1. The Morgan fingerprint density at radius 3 is 2.79 bits per heavy atom. The Morgan fingerprint density at radius 1 is 1.10 bits per heavy atom. The first-order valence-corrected chi connectivity index (χ1v) is 9.47. The number of furan rings is 1. The van der Waals surface area contributed by atoms with Crippen LogP contribution in [-0.4, -0.2) is 31.0 Å². The number of likely N-dealkylation sites (N-methyl/N-ethyl adjacent to an activating group) is 1. The maximum atomic E-state index is 12.5. The largest absolute Gasteiger partial charge is 0.481 e. The molecule has 1 amide bonds. The molecule has 0 saturated heterocycles. The van der Waals surface area contributed by atoms with Crippen molar-refractivity contribution in [2.24, 2.45) is 0 Å². The standard InChI is InChI=1S/C24H20N2O3/c1-26(2)24(27)16-7-5-9-21-18(12-16)19-14-17(10-11-22(19)28-21)25-23-13-15-6-3-4-8-20(15)29-23/h3-14,21,25H,1-2H3. The van der Waals surface area contributed by atoms with Crippen LogP contribution in [0, 0.1) is 0 Å². The fourth-order valence-corrected chi connectivity index (χ4v) is 3.65. The zero-order valence-corrected chi connectivity index (χ0v) is 16.2. The van der Waals surface area contributed by atoms with Crippen molar-refractivity contribution in [3.63, 3.8) is 0 Å². The fraction of sp³-hybridized carbons (Fsp3) is 0.125. The third-order valence-electron chi connectivity index (χ3n) is 5.07. The second kappa shape index (κ2) is 6.71. The second-order valence-corrected chi connectivity index (χ2v) is 7.33. The molecule has 1 aromatic heterocycles. The molecule has 144 valence electrons. The summed E-state index contributed by atoms with van der Waals surface area (Å²) in [7, 11) is 3.50. The maximum absolute atomic E-state index is 12.5. The summed E-state index contributed by atoms with van der Waals surface area (Å²) in [5, 5.41) is 4.38. The molecule has 5 heteroatoms. The number of carbonyl (C=O) groups excluding carboxylic acids is 1. The summed E-state index contributed by atoms with van der Waals surface area (Å²) < 4.78 is 11.9. The van der Waals surface area contributed by atoms with Crippen LogP contribution in [-0.2, 0) is 4.79 Å². The third kappa shape index (κ3) is 3.10. The Morgan fingerprint density at radius 2 is 1.97 bits per heavy atom. The summed E-state index contributed by atoms with van der Waals surface area (Å²) in [6, 6.07) is 15.8. The highest BCUT2D eigenvalue weighted by molar-refractivity contribution is 6.00. The zero-order chi connectivity index (χ0) is 20.0. The molecule has 3 aromatic rings. The summed E-state index contributed by atoms with van der Waals surface area (Å²) in [6.45, 7) is 0. The first-order valence-electron chi connectivity index (χ1n) is 9.47. The number of para-hydroxylation sites is 1. The van der Waals surface area contributed by atoms with E-state index >= 15 is 0 Å². The monoisotopic (exact) mass is 384 g/mol. The topological polar surface area (TPSA) is 54.7 Å². The van der Waals surface area contributed by atoms with Crippen molar-refractivity contribution in [1.82, 2.24) is 4.90 Å². The molecule has 5 nitrogen and oxygen atoms in total. The van der Waals surface area contributed by atoms with Gasteiger partial charge in [0.05, 0.1) is 0 Å². The number of allylic oxidation sites excluding steroid dienone is 2. The quantitative estimate of drug-likeness (QED) is 0.697. The van der Waals surface area contributed by atoms with E-state index < -0.39 is 0 Å². The van der Waals surface area contributed by atoms with Gasteiger partial charge >= 0.3 is 0 Å². The predicted molar refractivity (Wildman–Crippen MR) is 114 cm³/mol. The van der Waals surface area contributed by atoms with Crippen molar-refractivity contribution < 1.29 is 13.9 Å². The highest BCUT2D eigenvalue weighted by Gasteiger charge is 2.29. The van der Waals surface area contributed by atoms with E-state index in [0.29, 0.717) is 11.5 Å². The van der Waals surface area contributed by atoms with Gasteiger partial charge in [-0.25, -0.2) is 0 Å². The molecule has 0 saturated carbocycles. The third-order valence-corrected chi connectivity index (χ3v) is 5.07. The SMILES string of the molecule is CN(C)C(=O)C1=CC=CC2Oc3ccc(Nc4cc5ccccc5o4)cc3C2=C1. The Bertz CT molecular complexity index is 1180. The predicted octanol–water partition coefficient (Wildman–Crippen LogP) is 4.91. The Labute approximate surface area is 168 Å². The molecule has 0 radical (unpaired) electrons. The van der Waals surface area contributed by atoms with Gasteiger partial charge in [-0.05, 0) is 42.5 Å². The van der Waals surface area contributed by atoms with E-state index in [1.54, 1.807) is 19.0 Å². The minimum Gasteiger partial charge on any atom is -0.481 e. The fourth-order valence-electron chi connectivity index (χ4n) is 3.65. The molecule has 2 aromatic carbocycles. The van der Waals surface area contributed by atoms with Crippen LogP contribution >= 0.6 is 0 Å². The smallest absolute Gasteiger partial charge is 0.253 e. The normalized spacial score (nSPS) is 17.0. The number of carbonyl (C=O) groups is 1. The molecule has 1 unspecified atom stereocenters. The molecule has 1 N–H and O–H groups in total. The average Bonchev–Trinajstić information content (AvgIpc) is 3.20. The molecule has 0 bridgehead atoms. The highest BCUT2D eigenvalue weighted by Crippen LogP contribution is 2.41. The van der Waals surface area contributed by atoms with Crippen molar-refractivity contribution in [3.05, 3.63) is 84.0 Å². The molecular formula is C24H20N2O3. The Balaban J connectivity index is 1.49. The van der Waals surface area contributed by atoms with Crippen molar-refractivity contribution in [1.29, 1.82) is 0 Å². The lowest BCUT2D eigenvalue weighted by Gasteiger charge is -2.11. The van der Waals surface area contributed by atoms with Gasteiger partial charge in [0.2, 0.25) is 0 Å². The van der Waals surface area contributed by atoms with Crippen LogP contribution in [0.4, 0.5) is 11.6 Å². The van der Waals surface area contributed by atoms with Crippen LogP contribution < -0.4 is 10.1 Å². The van der Waals surface area contributed by atoms with E-state index in [4.69, 9.17) is 9.15 Å². The summed E-state index contributed by atoms with van der Waals surface area (Å²) >= 11 is 0. The van der Waals surface area contributed by atoms with Crippen LogP contribution in [0.3, 0.4) is 0 Å². The zero-order valence-electron chi connectivity index (χ0n) is 16.2. The number of benzene rings is 2. The van der Waals surface area contributed by atoms with Crippen molar-refractivity contribution in [3.8, 4) is 5.75 Å². The summed E-state index contributed by atoms with van der Waals surface area (Å²) in [5.41, 5.74) is 4.32. The highest BCUT2D eigenvalue weighted by atomic mass is 16.5. The molecular weight excluding hydrogens is 364 g/mol. The molecule has 2 aliphatic rings. The van der Waals surface area contributed by atoms with Gasteiger partial charge in [-0.2, -0.15) is 0 Å². The van der Waals surface area contributed by atoms with Gasteiger partial charge in [-0.3, -0.25) is 4.79 Å². The van der Waals surface area contributed by atoms with E-state index in [1.807, 2.05) is 72.8 Å². The van der Waals surface area contributed by atoms with Crippen LogP contribution in [0.5, 0.6) is 5.75 Å². The number of hydrogen-bond donors (Lipinski definition) is 1. The minimum absolute atomic E-state index is 0.0344. The molecule has 29 heavy (non-hydrogen) atoms. The maximum Gasteiger partial charge on any atom is 0.253 e. The average molecular weight is 384 g/mol. The number of ether oxygens (including phenoxy) is 1. The van der Waals surface area contributed by atoms with Crippen LogP contribution in [0.2, 0.25) is 0 Å². The van der Waals surface area contributed by atoms with E-state index in [0.717, 1.165) is 33.5 Å². The van der Waals surface area contributed by atoms with Crippen molar-refractivity contribution in [2.45, 2.75) is 6.10 Å². The lowest BCUT2D eigenvalue weighted by Crippen LogP contribution is -2.22. The van der Waals surface area contributed by atoms with Gasteiger partial charge in [0, 0.05) is 47.9 Å². The second-order valence-electron chi connectivity index (χ2n) is 7.33. The first kappa shape index (κ1) is 17.4. The minimum atomic E-state index is -0.199. The van der Waals surface area contributed by atoms with Crippen LogP contribution in [0.15, 0.2) is 82.8 Å². The van der Waals surface area contributed by atoms with Gasteiger partial charge in [-0.15, -0.1) is 0 Å². The van der Waals surface area contributed by atoms with Crippen LogP contribution in [0.1, 0.15) is 5.56 Å². The summed E-state index contributed by atoms with van der Waals surface area (Å²) in [5.74, 6) is 1.45. The molecule has 0 spiro atoms. The van der Waals surface area contributed by atoms with E-state index in [-0.39, 0.29) is 12.0 Å². The van der Waals surface area contributed by atoms with Gasteiger partial charge < -0.3 is 19.4 Å². The molecule has 2 heterocycles. The van der Waals surface area contributed by atoms with E-state index in [9.17, 15) is 4.79 Å². The lowest BCUT2D eigenvalue weighted by molar-refractivity contribution is -0.124. The number of hydrogen-bond acceptors (Lipinski definition) is 4. The molecule has 1 aliphatic carbocycles. The van der Waals surface area contributed by atoms with E-state index in [1.165, 1.54) is 0 Å². The van der Waals surface area contributed by atoms with Gasteiger partial charge in [0.1, 0.15) is 17.4 Å². The molecule has 0 fully saturated rings. The number of amides is 1. The lowest BCUT2D eigenvalue weighted by atomic mass is 10.00.